The summed E-state index contributed by atoms with van der Waals surface area (Å²) >= 11 is 0. The Kier molecular flexibility index (Phi) is 3.00. The van der Waals surface area contributed by atoms with Gasteiger partial charge in [-0.2, -0.15) is 0 Å². The fraction of sp³-hybridized carbons (Fsp3) is 0.143. The van der Waals surface area contributed by atoms with Crippen molar-refractivity contribution in [2.45, 2.75) is 20.3 Å². The molecule has 3 aromatic rings. The summed E-state index contributed by atoms with van der Waals surface area (Å²) in [5, 5.41) is 0. The van der Waals surface area contributed by atoms with Gasteiger partial charge >= 0.3 is 0 Å². The maximum absolute atomic E-state index is 2.39. The molecular formula is C21H19N. The van der Waals surface area contributed by atoms with Crippen LogP contribution in [0.2, 0.25) is 0 Å². The number of aryl methyl sites for hydroxylation is 1. The summed E-state index contributed by atoms with van der Waals surface area (Å²) in [5.74, 6) is 0. The van der Waals surface area contributed by atoms with Crippen LogP contribution >= 0.6 is 0 Å². The van der Waals surface area contributed by atoms with Gasteiger partial charge in [-0.05, 0) is 60.4 Å². The number of hydrogen-bond acceptors (Lipinski definition) is 1. The van der Waals surface area contributed by atoms with Gasteiger partial charge in [0.15, 0.2) is 0 Å². The highest BCUT2D eigenvalue weighted by Crippen LogP contribution is 2.44. The highest BCUT2D eigenvalue weighted by atomic mass is 15.2. The van der Waals surface area contributed by atoms with Gasteiger partial charge in [-0.1, -0.05) is 42.5 Å². The largest absolute Gasteiger partial charge is 0.310 e. The summed E-state index contributed by atoms with van der Waals surface area (Å²) in [7, 11) is 0. The molecule has 1 aliphatic heterocycles. The van der Waals surface area contributed by atoms with Gasteiger partial charge in [0.05, 0.1) is 0 Å². The van der Waals surface area contributed by atoms with Crippen molar-refractivity contribution in [1.29, 1.82) is 0 Å². The van der Waals surface area contributed by atoms with E-state index in [4.69, 9.17) is 0 Å². The maximum atomic E-state index is 2.39. The van der Waals surface area contributed by atoms with Gasteiger partial charge in [0.1, 0.15) is 0 Å². The molecule has 0 radical (unpaired) electrons. The molecule has 0 aromatic heterocycles. The molecule has 22 heavy (non-hydrogen) atoms. The van der Waals surface area contributed by atoms with Gasteiger partial charge in [-0.25, -0.2) is 0 Å². The van der Waals surface area contributed by atoms with E-state index in [-0.39, 0.29) is 0 Å². The van der Waals surface area contributed by atoms with Gasteiger partial charge in [-0.15, -0.1) is 0 Å². The Labute approximate surface area is 131 Å². The van der Waals surface area contributed by atoms with Crippen molar-refractivity contribution in [1.82, 2.24) is 0 Å². The third-order valence-corrected chi connectivity index (χ3v) is 4.70. The molecule has 0 unspecified atom stereocenters. The molecule has 0 bridgehead atoms. The Bertz CT molecular complexity index is 834. The summed E-state index contributed by atoms with van der Waals surface area (Å²) in [5.41, 5.74) is 9.45. The van der Waals surface area contributed by atoms with Crippen LogP contribution in [0.15, 0.2) is 66.7 Å². The second-order valence-corrected chi connectivity index (χ2v) is 5.98. The molecule has 0 saturated carbocycles. The van der Waals surface area contributed by atoms with Gasteiger partial charge in [0.25, 0.3) is 0 Å². The van der Waals surface area contributed by atoms with Gasteiger partial charge in [0, 0.05) is 23.5 Å². The van der Waals surface area contributed by atoms with E-state index in [0.717, 1.165) is 6.42 Å². The number of para-hydroxylation sites is 2. The van der Waals surface area contributed by atoms with Crippen LogP contribution in [0.4, 0.5) is 17.1 Å². The highest BCUT2D eigenvalue weighted by Gasteiger charge is 2.24. The minimum atomic E-state index is 1.02. The zero-order valence-corrected chi connectivity index (χ0v) is 13.0. The molecule has 3 aromatic carbocycles. The lowest BCUT2D eigenvalue weighted by molar-refractivity contribution is 1.06. The van der Waals surface area contributed by atoms with Crippen LogP contribution in [-0.4, -0.2) is 0 Å². The minimum Gasteiger partial charge on any atom is -0.310 e. The van der Waals surface area contributed by atoms with Crippen LogP contribution in [0.25, 0.3) is 0 Å². The summed E-state index contributed by atoms with van der Waals surface area (Å²) in [4.78, 5) is 2.39. The van der Waals surface area contributed by atoms with Crippen LogP contribution in [0.1, 0.15) is 22.3 Å². The smallest absolute Gasteiger partial charge is 0.0499 e. The van der Waals surface area contributed by atoms with E-state index < -0.39 is 0 Å². The molecule has 108 valence electrons. The number of anilines is 3. The van der Waals surface area contributed by atoms with Crippen molar-refractivity contribution in [3.8, 4) is 0 Å². The third kappa shape index (κ3) is 1.93. The molecule has 1 nitrogen and oxygen atoms in total. The standard InChI is InChI=1S/C21H19N/c1-15-12-13-21-19(16(15)2)14-17-8-6-7-11-20(17)22(21)18-9-4-3-5-10-18/h3-13H,14H2,1-2H3. The predicted molar refractivity (Wildman–Crippen MR) is 93.4 cm³/mol. The van der Waals surface area contributed by atoms with E-state index in [1.165, 1.54) is 39.3 Å². The molecule has 1 aliphatic rings. The zero-order valence-electron chi connectivity index (χ0n) is 13.0. The second-order valence-electron chi connectivity index (χ2n) is 5.98. The van der Waals surface area contributed by atoms with Crippen molar-refractivity contribution >= 4 is 17.1 Å². The first-order valence-electron chi connectivity index (χ1n) is 7.78. The lowest BCUT2D eigenvalue weighted by Gasteiger charge is -2.34. The molecule has 0 spiro atoms. The van der Waals surface area contributed by atoms with Crippen molar-refractivity contribution in [2.75, 3.05) is 4.90 Å². The first kappa shape index (κ1) is 13.1. The van der Waals surface area contributed by atoms with Crippen LogP contribution in [-0.2, 0) is 6.42 Å². The number of rotatable bonds is 1. The van der Waals surface area contributed by atoms with E-state index in [1.807, 2.05) is 0 Å². The molecule has 1 heterocycles. The molecule has 1 heteroatoms. The molecule has 4 rings (SSSR count). The van der Waals surface area contributed by atoms with Crippen LogP contribution in [0.5, 0.6) is 0 Å². The number of nitrogens with zero attached hydrogens (tertiary/aromatic N) is 1. The van der Waals surface area contributed by atoms with Gasteiger partial charge in [0.2, 0.25) is 0 Å². The fourth-order valence-corrected chi connectivity index (χ4v) is 3.35. The van der Waals surface area contributed by atoms with Crippen molar-refractivity contribution in [2.24, 2.45) is 0 Å². The molecular weight excluding hydrogens is 266 g/mol. The van der Waals surface area contributed by atoms with E-state index in [2.05, 4.69) is 85.5 Å². The normalized spacial score (nSPS) is 12.7. The van der Waals surface area contributed by atoms with E-state index in [1.54, 1.807) is 0 Å². The fourth-order valence-electron chi connectivity index (χ4n) is 3.35. The maximum Gasteiger partial charge on any atom is 0.0499 e. The second kappa shape index (κ2) is 5.03. The first-order valence-corrected chi connectivity index (χ1v) is 7.78. The molecule has 0 aliphatic carbocycles. The summed E-state index contributed by atoms with van der Waals surface area (Å²) < 4.78 is 0. The number of fused-ring (bicyclic) bond motifs is 2. The SMILES string of the molecule is Cc1ccc2c(c1C)Cc1ccccc1N2c1ccccc1. The number of hydrogen-bond donors (Lipinski definition) is 0. The molecule has 0 saturated heterocycles. The zero-order chi connectivity index (χ0) is 15.1. The molecule has 0 amide bonds. The minimum absolute atomic E-state index is 1.02. The van der Waals surface area contributed by atoms with E-state index in [0.29, 0.717) is 0 Å². The third-order valence-electron chi connectivity index (χ3n) is 4.70. The van der Waals surface area contributed by atoms with Crippen molar-refractivity contribution < 1.29 is 0 Å². The van der Waals surface area contributed by atoms with Crippen LogP contribution in [0, 0.1) is 13.8 Å². The lowest BCUT2D eigenvalue weighted by atomic mass is 9.90. The Hall–Kier alpha value is -2.54. The summed E-state index contributed by atoms with van der Waals surface area (Å²) in [6.45, 7) is 4.44. The molecule has 0 atom stereocenters. The van der Waals surface area contributed by atoms with E-state index in [9.17, 15) is 0 Å². The molecule has 0 fully saturated rings. The predicted octanol–water partition coefficient (Wildman–Crippen LogP) is 5.68. The van der Waals surface area contributed by atoms with Crippen molar-refractivity contribution in [3.05, 3.63) is 89.0 Å². The summed E-state index contributed by atoms with van der Waals surface area (Å²) in [6, 6.07) is 23.9. The topological polar surface area (TPSA) is 3.24 Å². The molecule has 0 N–H and O–H groups in total. The average Bonchev–Trinajstić information content (AvgIpc) is 2.57. The average molecular weight is 285 g/mol. The van der Waals surface area contributed by atoms with Gasteiger partial charge in [-0.3, -0.25) is 0 Å². The van der Waals surface area contributed by atoms with Crippen LogP contribution in [0.3, 0.4) is 0 Å². The van der Waals surface area contributed by atoms with Gasteiger partial charge < -0.3 is 4.90 Å². The summed E-state index contributed by atoms with van der Waals surface area (Å²) in [6.07, 6.45) is 1.02. The number of benzene rings is 3. The lowest BCUT2D eigenvalue weighted by Crippen LogP contribution is -2.19. The van der Waals surface area contributed by atoms with E-state index >= 15 is 0 Å². The quantitative estimate of drug-likeness (QED) is 0.435. The van der Waals surface area contributed by atoms with Crippen molar-refractivity contribution in [3.63, 3.8) is 0 Å². The Morgan fingerprint density at radius 1 is 0.727 bits per heavy atom. The van der Waals surface area contributed by atoms with Crippen LogP contribution < -0.4 is 4.90 Å². The Balaban J connectivity index is 2.00. The Morgan fingerprint density at radius 2 is 1.45 bits per heavy atom. The first-order chi connectivity index (χ1) is 10.8. The highest BCUT2D eigenvalue weighted by molar-refractivity contribution is 5.84. The Morgan fingerprint density at radius 3 is 2.27 bits per heavy atom. The monoisotopic (exact) mass is 285 g/mol.